The van der Waals surface area contributed by atoms with E-state index in [2.05, 4.69) is 67.4 Å². The molecule has 0 saturated carbocycles. The molecule has 0 aromatic carbocycles. The monoisotopic (exact) mass is 349 g/mol. The zero-order chi connectivity index (χ0) is 17.4. The SMILES string of the molecule is CCO[Si](C=C[Si](N(C)C)(N(C)C)N(C)C)(OCC)OCC. The van der Waals surface area contributed by atoms with Gasteiger partial charge in [0.25, 0.3) is 0 Å². The minimum atomic E-state index is -2.77. The second-order valence-corrected chi connectivity index (χ2v) is 12.4. The third kappa shape index (κ3) is 5.24. The predicted molar refractivity (Wildman–Crippen MR) is 96.6 cm³/mol. The van der Waals surface area contributed by atoms with Crippen molar-refractivity contribution in [2.45, 2.75) is 20.8 Å². The first kappa shape index (κ1) is 21.9. The Morgan fingerprint density at radius 3 is 1.18 bits per heavy atom. The van der Waals surface area contributed by atoms with E-state index in [4.69, 9.17) is 13.3 Å². The molecule has 0 aliphatic heterocycles. The summed E-state index contributed by atoms with van der Waals surface area (Å²) in [5, 5.41) is 0. The van der Waals surface area contributed by atoms with Gasteiger partial charge < -0.3 is 27.0 Å². The summed E-state index contributed by atoms with van der Waals surface area (Å²) in [5.41, 5.74) is 4.32. The molecule has 132 valence electrons. The lowest BCUT2D eigenvalue weighted by atomic mass is 10.9. The van der Waals surface area contributed by atoms with Gasteiger partial charge in [0.15, 0.2) is 0 Å². The van der Waals surface area contributed by atoms with Gasteiger partial charge in [0.2, 0.25) is 0 Å². The summed E-state index contributed by atoms with van der Waals surface area (Å²) in [6, 6.07) is 0. The van der Waals surface area contributed by atoms with Gasteiger partial charge in [-0.05, 0) is 68.8 Å². The van der Waals surface area contributed by atoms with E-state index in [0.29, 0.717) is 19.8 Å². The van der Waals surface area contributed by atoms with Crippen LogP contribution in [0.25, 0.3) is 0 Å². The number of nitrogens with zero attached hydrogens (tertiary/aromatic N) is 3. The highest BCUT2D eigenvalue weighted by molar-refractivity contribution is 6.79. The van der Waals surface area contributed by atoms with E-state index < -0.39 is 17.4 Å². The van der Waals surface area contributed by atoms with E-state index in [9.17, 15) is 0 Å². The van der Waals surface area contributed by atoms with Crippen LogP contribution in [0.15, 0.2) is 11.4 Å². The second-order valence-electron chi connectivity index (χ2n) is 5.61. The van der Waals surface area contributed by atoms with Gasteiger partial charge in [-0.2, -0.15) is 0 Å². The van der Waals surface area contributed by atoms with Crippen LogP contribution in [0.5, 0.6) is 0 Å². The lowest BCUT2D eigenvalue weighted by Gasteiger charge is -2.44. The molecule has 0 unspecified atom stereocenters. The van der Waals surface area contributed by atoms with Crippen LogP contribution in [0.4, 0.5) is 0 Å². The molecule has 0 spiro atoms. The molecule has 0 atom stereocenters. The molecule has 0 aliphatic carbocycles. The van der Waals surface area contributed by atoms with Crippen molar-refractivity contribution in [1.29, 1.82) is 0 Å². The Kier molecular flexibility index (Phi) is 9.91. The van der Waals surface area contributed by atoms with Crippen LogP contribution in [0, 0.1) is 0 Å². The largest absolute Gasteiger partial charge is 0.529 e. The Bertz CT molecular complexity index is 301. The first-order valence-electron chi connectivity index (χ1n) is 7.86. The molecule has 0 aromatic rings. The number of hydrogen-bond donors (Lipinski definition) is 0. The van der Waals surface area contributed by atoms with Crippen LogP contribution in [-0.2, 0) is 13.3 Å². The molecule has 8 heteroatoms. The topological polar surface area (TPSA) is 37.4 Å². The molecule has 0 N–H and O–H groups in total. The highest BCUT2D eigenvalue weighted by Gasteiger charge is 2.44. The summed E-state index contributed by atoms with van der Waals surface area (Å²) < 4.78 is 24.6. The Morgan fingerprint density at radius 1 is 0.636 bits per heavy atom. The maximum atomic E-state index is 5.92. The normalized spacial score (nSPS) is 14.0. The third-order valence-corrected chi connectivity index (χ3v) is 11.1. The molecule has 6 nitrogen and oxygen atoms in total. The van der Waals surface area contributed by atoms with Gasteiger partial charge in [0.1, 0.15) is 0 Å². The van der Waals surface area contributed by atoms with Crippen molar-refractivity contribution in [2.24, 2.45) is 0 Å². The molecule has 0 rings (SSSR count). The van der Waals surface area contributed by atoms with Gasteiger partial charge in [-0.15, -0.1) is 0 Å². The van der Waals surface area contributed by atoms with Crippen molar-refractivity contribution in [3.8, 4) is 0 Å². The smallest absolute Gasteiger partial charge is 0.371 e. The van der Waals surface area contributed by atoms with E-state index in [1.165, 1.54) is 0 Å². The molecule has 0 aliphatic rings. The van der Waals surface area contributed by atoms with Crippen molar-refractivity contribution < 1.29 is 13.3 Å². The van der Waals surface area contributed by atoms with Gasteiger partial charge in [-0.3, -0.25) is 0 Å². The maximum Gasteiger partial charge on any atom is 0.529 e. The predicted octanol–water partition coefficient (Wildman–Crippen LogP) is 1.29. The first-order valence-corrected chi connectivity index (χ1v) is 11.6. The molecule has 0 heterocycles. The van der Waals surface area contributed by atoms with Crippen molar-refractivity contribution in [1.82, 2.24) is 13.7 Å². The summed E-state index contributed by atoms with van der Waals surface area (Å²) in [4.78, 5) is 0. The first-order chi connectivity index (χ1) is 10.2. The summed E-state index contributed by atoms with van der Waals surface area (Å²) in [6.07, 6.45) is 0. The highest BCUT2D eigenvalue weighted by Crippen LogP contribution is 2.19. The van der Waals surface area contributed by atoms with Gasteiger partial charge in [0.05, 0.1) is 0 Å². The summed E-state index contributed by atoms with van der Waals surface area (Å²) in [6.45, 7) is 7.66. The molecule has 0 saturated heterocycles. The lowest BCUT2D eigenvalue weighted by molar-refractivity contribution is 0.0842. The van der Waals surface area contributed by atoms with Crippen LogP contribution in [0.3, 0.4) is 0 Å². The summed E-state index contributed by atoms with van der Waals surface area (Å²) >= 11 is 0. The fourth-order valence-electron chi connectivity index (χ4n) is 2.73. The molecule has 0 radical (unpaired) electrons. The van der Waals surface area contributed by atoms with E-state index >= 15 is 0 Å². The van der Waals surface area contributed by atoms with Crippen LogP contribution in [0.2, 0.25) is 0 Å². The highest BCUT2D eigenvalue weighted by atomic mass is 28.4. The van der Waals surface area contributed by atoms with Gasteiger partial charge in [0, 0.05) is 19.8 Å². The average Bonchev–Trinajstić information content (AvgIpc) is 2.39. The van der Waals surface area contributed by atoms with Crippen molar-refractivity contribution in [2.75, 3.05) is 62.1 Å². The van der Waals surface area contributed by atoms with Crippen LogP contribution in [-0.4, -0.2) is 93.2 Å². The Hall–Kier alpha value is -0.0662. The van der Waals surface area contributed by atoms with Crippen molar-refractivity contribution in [3.05, 3.63) is 11.4 Å². The van der Waals surface area contributed by atoms with E-state index in [-0.39, 0.29) is 0 Å². The summed E-state index contributed by atoms with van der Waals surface area (Å²) in [7, 11) is 7.80. The number of hydrogen-bond acceptors (Lipinski definition) is 6. The zero-order valence-electron chi connectivity index (χ0n) is 15.8. The average molecular weight is 350 g/mol. The third-order valence-electron chi connectivity index (χ3n) is 3.52. The zero-order valence-corrected chi connectivity index (χ0v) is 17.8. The molecule has 0 amide bonds. The summed E-state index contributed by atoms with van der Waals surface area (Å²) in [5.74, 6) is 0. The molecule has 0 bridgehead atoms. The Morgan fingerprint density at radius 2 is 0.955 bits per heavy atom. The Labute approximate surface area is 139 Å². The molecule has 22 heavy (non-hydrogen) atoms. The second kappa shape index (κ2) is 9.94. The maximum absolute atomic E-state index is 5.92. The van der Waals surface area contributed by atoms with E-state index in [1.807, 2.05) is 20.8 Å². The Balaban J connectivity index is 5.73. The molecular formula is C14H35N3O3Si2. The fourth-order valence-corrected chi connectivity index (χ4v) is 9.49. The fraction of sp³-hybridized carbons (Fsp3) is 0.857. The lowest BCUT2D eigenvalue weighted by Crippen LogP contribution is -2.69. The van der Waals surface area contributed by atoms with Gasteiger partial charge in [-0.1, -0.05) is 5.70 Å². The number of rotatable bonds is 11. The minimum absolute atomic E-state index is 0.580. The molecule has 0 fully saturated rings. The quantitative estimate of drug-likeness (QED) is 0.523. The van der Waals surface area contributed by atoms with E-state index in [0.717, 1.165) is 0 Å². The van der Waals surface area contributed by atoms with Crippen molar-refractivity contribution >= 4 is 17.4 Å². The van der Waals surface area contributed by atoms with E-state index in [1.54, 1.807) is 0 Å². The van der Waals surface area contributed by atoms with Crippen LogP contribution in [0.1, 0.15) is 20.8 Å². The molecular weight excluding hydrogens is 314 g/mol. The van der Waals surface area contributed by atoms with Crippen LogP contribution >= 0.6 is 0 Å². The minimum Gasteiger partial charge on any atom is -0.371 e. The standard InChI is InChI=1S/C14H35N3O3Si2/c1-10-18-22(19-11-2,20-12-3)14-13-21(15(4)5,16(6)7)17(8)9/h13-14H,10-12H2,1-9H3. The van der Waals surface area contributed by atoms with Gasteiger partial charge in [-0.25, -0.2) is 0 Å². The van der Waals surface area contributed by atoms with Crippen LogP contribution < -0.4 is 0 Å². The van der Waals surface area contributed by atoms with Crippen molar-refractivity contribution in [3.63, 3.8) is 0 Å². The van der Waals surface area contributed by atoms with Gasteiger partial charge >= 0.3 is 17.4 Å². The molecule has 0 aromatic heterocycles.